The highest BCUT2D eigenvalue weighted by Crippen LogP contribution is 2.51. The van der Waals surface area contributed by atoms with Gasteiger partial charge in [-0.25, -0.2) is 23.5 Å². The molecule has 3 aromatic heterocycles. The Morgan fingerprint density at radius 1 is 1.03 bits per heavy atom. The van der Waals surface area contributed by atoms with Crippen molar-refractivity contribution in [3.63, 3.8) is 0 Å². The topological polar surface area (TPSA) is 148 Å². The van der Waals surface area contributed by atoms with Crippen molar-refractivity contribution < 1.29 is 50.8 Å². The summed E-state index contributed by atoms with van der Waals surface area (Å²) in [4.78, 5) is 35.0. The number of nitrogens with one attached hydrogen (secondary N) is 1. The first-order chi connectivity index (χ1) is 32.0. The van der Waals surface area contributed by atoms with Crippen LogP contribution < -0.4 is 34.1 Å². The maximum absolute atomic E-state index is 17.9. The molecule has 0 bridgehead atoms. The van der Waals surface area contributed by atoms with E-state index in [0.29, 0.717) is 17.1 Å². The van der Waals surface area contributed by atoms with E-state index in [4.69, 9.17) is 35.5 Å². The van der Waals surface area contributed by atoms with Crippen molar-refractivity contribution in [3.05, 3.63) is 112 Å². The van der Waals surface area contributed by atoms with E-state index in [9.17, 15) is 14.3 Å². The summed E-state index contributed by atoms with van der Waals surface area (Å²) in [6.45, 7) is 3.31. The zero-order chi connectivity index (χ0) is 47.7. The number of hydrogen-bond acceptors (Lipinski definition) is 12. The second-order valence-electron chi connectivity index (χ2n) is 16.3. The number of carboxylic acid groups (broad SMARTS) is 1. The van der Waals surface area contributed by atoms with Gasteiger partial charge in [0.2, 0.25) is 0 Å². The zero-order valence-corrected chi connectivity index (χ0v) is 37.8. The number of amides is 1. The minimum Gasteiger partial charge on any atom is -0.497 e. The number of pyridine rings is 2. The number of likely N-dealkylation sites (N-methyl/N-ethyl adjacent to an activating group) is 1. The van der Waals surface area contributed by atoms with Crippen molar-refractivity contribution in [1.29, 1.82) is 0 Å². The molecule has 2 aliphatic heterocycles. The Balaban J connectivity index is 1.33. The van der Waals surface area contributed by atoms with Gasteiger partial charge < -0.3 is 33.9 Å². The number of alkyl halides is 4. The number of aromatic nitrogens is 4. The van der Waals surface area contributed by atoms with Gasteiger partial charge in [-0.15, -0.1) is 0 Å². The SMILES string of the molecule is COc1ccc(CN(Cc2ccc(OC)cc2)c2cc(C)c(C(F)(F)F)c(-c3c(Cl)c4c5c(nc(OC[C@@H]6C[C@@H](F)CN6C)nc5c3F)N([C@H](C)c3cccnc3NC(=O)O)CCO4)n2)cc1. The normalized spacial score (nSPS) is 16.6. The highest BCUT2D eigenvalue weighted by molar-refractivity contribution is 6.36. The zero-order valence-electron chi connectivity index (χ0n) is 37.0. The van der Waals surface area contributed by atoms with Crippen LogP contribution in [0.3, 0.4) is 0 Å². The smallest absolute Gasteiger partial charge is 0.418 e. The fourth-order valence-electron chi connectivity index (χ4n) is 8.56. The van der Waals surface area contributed by atoms with Crippen LogP contribution in [0.4, 0.5) is 44.2 Å². The second-order valence-corrected chi connectivity index (χ2v) is 16.7. The summed E-state index contributed by atoms with van der Waals surface area (Å²) < 4.78 is 102. The predicted molar refractivity (Wildman–Crippen MR) is 242 cm³/mol. The summed E-state index contributed by atoms with van der Waals surface area (Å²) in [7, 11) is 4.80. The molecule has 1 amide bonds. The van der Waals surface area contributed by atoms with Crippen molar-refractivity contribution >= 4 is 46.1 Å². The maximum Gasteiger partial charge on any atom is 0.418 e. The molecule has 3 aromatic carbocycles. The summed E-state index contributed by atoms with van der Waals surface area (Å²) in [5.74, 6) is -0.133. The molecule has 1 saturated heterocycles. The average Bonchev–Trinajstić information content (AvgIpc) is 3.49. The number of aryl methyl sites for hydroxylation is 1. The van der Waals surface area contributed by atoms with Crippen LogP contribution in [0.5, 0.6) is 23.3 Å². The Kier molecular flexibility index (Phi) is 13.4. The Labute approximate surface area is 387 Å². The third-order valence-corrected chi connectivity index (χ3v) is 12.3. The fraction of sp³-hybridized carbons (Fsp3) is 0.340. The molecule has 2 aliphatic rings. The quantitative estimate of drug-likeness (QED) is 0.1000. The number of anilines is 3. The van der Waals surface area contributed by atoms with Gasteiger partial charge in [-0.05, 0) is 80.4 Å². The van der Waals surface area contributed by atoms with Crippen LogP contribution in [0.15, 0.2) is 72.9 Å². The van der Waals surface area contributed by atoms with E-state index in [2.05, 4.69) is 20.3 Å². The lowest BCUT2D eigenvalue weighted by Crippen LogP contribution is -2.32. The maximum atomic E-state index is 17.9. The predicted octanol–water partition coefficient (Wildman–Crippen LogP) is 9.90. The van der Waals surface area contributed by atoms with Gasteiger partial charge in [0, 0.05) is 37.4 Å². The molecule has 6 aromatic rings. The summed E-state index contributed by atoms with van der Waals surface area (Å²) in [5.41, 5.74) is -1.54. The van der Waals surface area contributed by atoms with E-state index >= 15 is 17.6 Å². The lowest BCUT2D eigenvalue weighted by molar-refractivity contribution is -0.137. The van der Waals surface area contributed by atoms with Crippen molar-refractivity contribution in [2.75, 3.05) is 62.7 Å². The Bertz CT molecular complexity index is 2740. The monoisotopic (exact) mass is 948 g/mol. The molecule has 1 fully saturated rings. The number of carbonyl (C=O) groups is 1. The minimum absolute atomic E-state index is 0.0216. The van der Waals surface area contributed by atoms with E-state index in [1.54, 1.807) is 65.1 Å². The Morgan fingerprint density at radius 3 is 2.27 bits per heavy atom. The molecule has 0 unspecified atom stereocenters. The molecule has 14 nitrogen and oxygen atoms in total. The molecule has 0 aliphatic carbocycles. The van der Waals surface area contributed by atoms with Gasteiger partial charge in [0.25, 0.3) is 0 Å². The molecule has 0 radical (unpaired) electrons. The summed E-state index contributed by atoms with van der Waals surface area (Å²) in [5, 5.41) is 11.3. The van der Waals surface area contributed by atoms with Crippen LogP contribution in [-0.4, -0.2) is 95.8 Å². The van der Waals surface area contributed by atoms with Crippen molar-refractivity contribution in [3.8, 4) is 34.5 Å². The van der Waals surface area contributed by atoms with Crippen LogP contribution in [0, 0.1) is 12.7 Å². The van der Waals surface area contributed by atoms with E-state index in [1.807, 2.05) is 24.3 Å². The van der Waals surface area contributed by atoms with Crippen LogP contribution in [0.1, 0.15) is 47.2 Å². The number of benzene rings is 3. The first-order valence-corrected chi connectivity index (χ1v) is 21.6. The molecular formula is C47H46ClF5N8O6. The first-order valence-electron chi connectivity index (χ1n) is 21.2. The van der Waals surface area contributed by atoms with Crippen LogP contribution in [0.2, 0.25) is 5.02 Å². The van der Waals surface area contributed by atoms with Gasteiger partial charge in [-0.2, -0.15) is 23.1 Å². The van der Waals surface area contributed by atoms with Crippen LogP contribution >= 0.6 is 11.6 Å². The number of nitrogens with zero attached hydrogens (tertiary/aromatic N) is 7. The fourth-order valence-corrected chi connectivity index (χ4v) is 8.88. The van der Waals surface area contributed by atoms with Crippen molar-refractivity contribution in [2.24, 2.45) is 0 Å². The molecule has 3 atom stereocenters. The van der Waals surface area contributed by atoms with Gasteiger partial charge in [0.15, 0.2) is 11.6 Å². The lowest BCUT2D eigenvalue weighted by atomic mass is 9.98. The molecule has 5 heterocycles. The lowest BCUT2D eigenvalue weighted by Gasteiger charge is -2.30. The van der Waals surface area contributed by atoms with Crippen molar-refractivity contribution in [2.45, 2.75) is 57.8 Å². The number of ether oxygens (including phenoxy) is 4. The Morgan fingerprint density at radius 2 is 1.69 bits per heavy atom. The van der Waals surface area contributed by atoms with Gasteiger partial charge >= 0.3 is 18.3 Å². The van der Waals surface area contributed by atoms with E-state index < -0.39 is 63.7 Å². The molecule has 2 N–H and O–H groups in total. The minimum atomic E-state index is -5.05. The molecular weight excluding hydrogens is 903 g/mol. The molecule has 8 rings (SSSR count). The highest BCUT2D eigenvalue weighted by Gasteiger charge is 2.41. The molecule has 0 spiro atoms. The summed E-state index contributed by atoms with van der Waals surface area (Å²) in [6, 6.07) is 17.4. The van der Waals surface area contributed by atoms with Crippen molar-refractivity contribution in [1.82, 2.24) is 24.8 Å². The Hall–Kier alpha value is -6.73. The van der Waals surface area contributed by atoms with Gasteiger partial charge in [-0.1, -0.05) is 41.9 Å². The standard InChI is InChI=1S/C47H46ClF5N8O6/c1-25-19-34(60(21-27-8-12-31(64-4)13-9-27)22-28-10-14-32(65-5)15-11-28)55-40(37(25)47(51,52)53)35-38(48)42-36-41(39(35)50)56-45(67-24-30-20-29(49)23-59(30)3)58-44(36)61(17-18-66-42)26(2)33-7-6-16-54-43(33)57-46(62)63/h6-16,19,26,29-30H,17-18,20-24H2,1-5H3,(H,54,57)(H,62,63)/t26-,29-,30+/m1/s1. The summed E-state index contributed by atoms with van der Waals surface area (Å²) in [6.07, 6.45) is -5.95. The number of halogens is 6. The van der Waals surface area contributed by atoms with E-state index in [-0.39, 0.29) is 86.0 Å². The molecule has 352 valence electrons. The number of hydrogen-bond donors (Lipinski definition) is 2. The third kappa shape index (κ3) is 9.74. The van der Waals surface area contributed by atoms with E-state index in [0.717, 1.165) is 11.1 Å². The average molecular weight is 949 g/mol. The number of rotatable bonds is 14. The largest absolute Gasteiger partial charge is 0.497 e. The summed E-state index contributed by atoms with van der Waals surface area (Å²) >= 11 is 7.13. The van der Waals surface area contributed by atoms with Gasteiger partial charge in [0.1, 0.15) is 53.9 Å². The molecule has 0 saturated carbocycles. The van der Waals surface area contributed by atoms with Gasteiger partial charge in [-0.3, -0.25) is 10.2 Å². The van der Waals surface area contributed by atoms with Crippen LogP contribution in [-0.2, 0) is 19.3 Å². The van der Waals surface area contributed by atoms with Gasteiger partial charge in [0.05, 0.1) is 54.0 Å². The first kappa shape index (κ1) is 46.8. The molecule has 67 heavy (non-hydrogen) atoms. The molecule has 20 heteroatoms. The second kappa shape index (κ2) is 19.2. The highest BCUT2D eigenvalue weighted by atomic mass is 35.5. The third-order valence-electron chi connectivity index (χ3n) is 11.9. The number of likely N-dealkylation sites (tertiary alicyclic amines) is 1. The van der Waals surface area contributed by atoms with E-state index in [1.165, 1.54) is 33.4 Å². The number of methoxy groups -OCH3 is 2. The van der Waals surface area contributed by atoms with Crippen LogP contribution in [0.25, 0.3) is 22.2 Å².